The van der Waals surface area contributed by atoms with Gasteiger partial charge in [0.1, 0.15) is 0 Å². The molecular weight excluding hydrogens is 242 g/mol. The van der Waals surface area contributed by atoms with Crippen molar-refractivity contribution in [1.82, 2.24) is 0 Å². The summed E-state index contributed by atoms with van der Waals surface area (Å²) >= 11 is 0. The fraction of sp³-hybridized carbons (Fsp3) is 0.333. The molecule has 0 aliphatic carbocycles. The van der Waals surface area contributed by atoms with E-state index in [0.717, 1.165) is 28.3 Å². The molecule has 0 radical (unpaired) electrons. The highest BCUT2D eigenvalue weighted by Gasteiger charge is 2.12. The molecule has 1 N–H and O–H groups in total. The number of anilines is 1. The predicted octanol–water partition coefficient (Wildman–Crippen LogP) is 3.78. The Balaban J connectivity index is 2.25. The molecule has 0 fully saturated rings. The Bertz CT molecular complexity index is 535. The van der Waals surface area contributed by atoms with Gasteiger partial charge in [-0.2, -0.15) is 0 Å². The summed E-state index contributed by atoms with van der Waals surface area (Å²) in [4.78, 5) is 0. The summed E-state index contributed by atoms with van der Waals surface area (Å²) in [5.41, 5.74) is 3.23. The zero-order valence-electron chi connectivity index (χ0n) is 11.7. The zero-order valence-corrected chi connectivity index (χ0v) is 11.7. The van der Waals surface area contributed by atoms with Crippen molar-refractivity contribution >= 4 is 5.69 Å². The van der Waals surface area contributed by atoms with Crippen molar-refractivity contribution in [3.63, 3.8) is 0 Å². The van der Waals surface area contributed by atoms with Crippen LogP contribution in [0.3, 0.4) is 0 Å². The molecule has 0 saturated heterocycles. The maximum atomic E-state index is 5.32. The third-order valence-electron chi connectivity index (χ3n) is 3.15. The van der Waals surface area contributed by atoms with Crippen molar-refractivity contribution in [1.29, 1.82) is 0 Å². The lowest BCUT2D eigenvalue weighted by atomic mass is 10.1. The van der Waals surface area contributed by atoms with Crippen molar-refractivity contribution in [3.05, 3.63) is 41.9 Å². The molecule has 102 valence electrons. The van der Waals surface area contributed by atoms with Gasteiger partial charge in [-0.25, -0.2) is 0 Å². The van der Waals surface area contributed by atoms with Gasteiger partial charge in [-0.05, 0) is 31.5 Å². The third-order valence-corrected chi connectivity index (χ3v) is 3.15. The fourth-order valence-electron chi connectivity index (χ4n) is 1.97. The third kappa shape index (κ3) is 2.84. The number of benzene rings is 1. The average Bonchev–Trinajstić information content (AvgIpc) is 2.94. The van der Waals surface area contributed by atoms with Gasteiger partial charge in [0.15, 0.2) is 11.5 Å². The monoisotopic (exact) mass is 261 g/mol. The largest absolute Gasteiger partial charge is 0.493 e. The summed E-state index contributed by atoms with van der Waals surface area (Å²) in [6.45, 7) is 4.12. The number of hydrogen-bond donors (Lipinski definition) is 1. The van der Waals surface area contributed by atoms with Crippen molar-refractivity contribution in [2.45, 2.75) is 19.9 Å². The second kappa shape index (κ2) is 5.69. The topological polar surface area (TPSA) is 43.6 Å². The summed E-state index contributed by atoms with van der Waals surface area (Å²) in [6, 6.07) is 6.03. The Hall–Kier alpha value is -2.10. The van der Waals surface area contributed by atoms with Crippen LogP contribution in [0.5, 0.6) is 11.5 Å². The van der Waals surface area contributed by atoms with Crippen LogP contribution in [0, 0.1) is 6.92 Å². The lowest BCUT2D eigenvalue weighted by Gasteiger charge is -2.18. The van der Waals surface area contributed by atoms with E-state index in [1.807, 2.05) is 25.1 Å². The molecule has 1 atom stereocenters. The van der Waals surface area contributed by atoms with Crippen LogP contribution >= 0.6 is 0 Å². The van der Waals surface area contributed by atoms with Gasteiger partial charge < -0.3 is 19.2 Å². The quantitative estimate of drug-likeness (QED) is 0.889. The molecule has 0 amide bonds. The number of ether oxygens (including phenoxy) is 2. The molecule has 4 nitrogen and oxygen atoms in total. The minimum absolute atomic E-state index is 0.163. The summed E-state index contributed by atoms with van der Waals surface area (Å²) in [5, 5.41) is 3.44. The fourth-order valence-corrected chi connectivity index (χ4v) is 1.97. The van der Waals surface area contributed by atoms with Crippen LogP contribution in [0.15, 0.2) is 35.1 Å². The number of hydrogen-bond acceptors (Lipinski definition) is 4. The molecule has 0 spiro atoms. The molecule has 2 rings (SSSR count). The van der Waals surface area contributed by atoms with Crippen LogP contribution in [0.4, 0.5) is 5.69 Å². The molecule has 0 saturated carbocycles. The van der Waals surface area contributed by atoms with Gasteiger partial charge in [0, 0.05) is 17.3 Å². The molecule has 1 aromatic carbocycles. The van der Waals surface area contributed by atoms with Gasteiger partial charge in [-0.3, -0.25) is 0 Å². The normalized spacial score (nSPS) is 12.0. The molecule has 1 unspecified atom stereocenters. The Morgan fingerprint density at radius 2 is 1.84 bits per heavy atom. The minimum Gasteiger partial charge on any atom is -0.493 e. The molecular formula is C15H19NO3. The number of rotatable bonds is 5. The van der Waals surface area contributed by atoms with E-state index in [4.69, 9.17) is 13.9 Å². The van der Waals surface area contributed by atoms with E-state index < -0.39 is 0 Å². The van der Waals surface area contributed by atoms with Crippen LogP contribution in [-0.4, -0.2) is 14.2 Å². The summed E-state index contributed by atoms with van der Waals surface area (Å²) in [6.07, 6.45) is 3.42. The Kier molecular flexibility index (Phi) is 4.00. The average molecular weight is 261 g/mol. The molecule has 1 heterocycles. The van der Waals surface area contributed by atoms with Crippen molar-refractivity contribution in [2.24, 2.45) is 0 Å². The second-order valence-electron chi connectivity index (χ2n) is 4.44. The SMILES string of the molecule is COc1cc(C)c(NC(C)c2ccoc2)cc1OC. The van der Waals surface area contributed by atoms with E-state index in [-0.39, 0.29) is 6.04 Å². The molecule has 4 heteroatoms. The van der Waals surface area contributed by atoms with Crippen molar-refractivity contribution < 1.29 is 13.9 Å². The number of nitrogens with one attached hydrogen (secondary N) is 1. The van der Waals surface area contributed by atoms with E-state index in [0.29, 0.717) is 0 Å². The maximum absolute atomic E-state index is 5.32. The van der Waals surface area contributed by atoms with Crippen molar-refractivity contribution in [3.8, 4) is 11.5 Å². The molecule has 1 aromatic heterocycles. The first kappa shape index (κ1) is 13.3. The van der Waals surface area contributed by atoms with Crippen LogP contribution in [0.25, 0.3) is 0 Å². The highest BCUT2D eigenvalue weighted by Crippen LogP contribution is 2.34. The van der Waals surface area contributed by atoms with E-state index in [2.05, 4.69) is 12.2 Å². The van der Waals surface area contributed by atoms with E-state index in [1.54, 1.807) is 26.7 Å². The molecule has 0 aliphatic heterocycles. The summed E-state index contributed by atoms with van der Waals surface area (Å²) in [7, 11) is 3.27. The number of furan rings is 1. The second-order valence-corrected chi connectivity index (χ2v) is 4.44. The first-order valence-corrected chi connectivity index (χ1v) is 6.17. The summed E-state index contributed by atoms with van der Waals surface area (Å²) in [5.74, 6) is 1.46. The summed E-state index contributed by atoms with van der Waals surface area (Å²) < 4.78 is 15.7. The van der Waals surface area contributed by atoms with Crippen LogP contribution in [0.1, 0.15) is 24.1 Å². The van der Waals surface area contributed by atoms with Gasteiger partial charge in [0.2, 0.25) is 0 Å². The molecule has 0 bridgehead atoms. The van der Waals surface area contributed by atoms with Crippen molar-refractivity contribution in [2.75, 3.05) is 19.5 Å². The van der Waals surface area contributed by atoms with Crippen LogP contribution in [-0.2, 0) is 0 Å². The first-order chi connectivity index (χ1) is 9.15. The number of methoxy groups -OCH3 is 2. The van der Waals surface area contributed by atoms with E-state index >= 15 is 0 Å². The predicted molar refractivity (Wildman–Crippen MR) is 75.0 cm³/mol. The van der Waals surface area contributed by atoms with Crippen LogP contribution in [0.2, 0.25) is 0 Å². The maximum Gasteiger partial charge on any atom is 0.162 e. The standard InChI is InChI=1S/C15H19NO3/c1-10-7-14(17-3)15(18-4)8-13(10)16-11(2)12-5-6-19-9-12/h5-9,11,16H,1-4H3. The van der Waals surface area contributed by atoms with Gasteiger partial charge in [-0.1, -0.05) is 0 Å². The minimum atomic E-state index is 0.163. The number of aryl methyl sites for hydroxylation is 1. The molecule has 19 heavy (non-hydrogen) atoms. The Morgan fingerprint density at radius 3 is 2.42 bits per heavy atom. The van der Waals surface area contributed by atoms with Crippen LogP contribution < -0.4 is 14.8 Å². The smallest absolute Gasteiger partial charge is 0.162 e. The van der Waals surface area contributed by atoms with Gasteiger partial charge in [0.25, 0.3) is 0 Å². The highest BCUT2D eigenvalue weighted by atomic mass is 16.5. The van der Waals surface area contributed by atoms with Gasteiger partial charge >= 0.3 is 0 Å². The molecule has 0 aliphatic rings. The van der Waals surface area contributed by atoms with E-state index in [9.17, 15) is 0 Å². The van der Waals surface area contributed by atoms with Gasteiger partial charge in [0.05, 0.1) is 32.8 Å². The first-order valence-electron chi connectivity index (χ1n) is 6.17. The zero-order chi connectivity index (χ0) is 13.8. The lowest BCUT2D eigenvalue weighted by molar-refractivity contribution is 0.355. The van der Waals surface area contributed by atoms with Gasteiger partial charge in [-0.15, -0.1) is 0 Å². The highest BCUT2D eigenvalue weighted by molar-refractivity contribution is 5.60. The lowest BCUT2D eigenvalue weighted by Crippen LogP contribution is -2.07. The Labute approximate surface area is 113 Å². The van der Waals surface area contributed by atoms with E-state index in [1.165, 1.54) is 0 Å². The Morgan fingerprint density at radius 1 is 1.16 bits per heavy atom. The molecule has 2 aromatic rings.